The highest BCUT2D eigenvalue weighted by Crippen LogP contribution is 2.28. The standard InChI is InChI=1S/C15H15Cl2NO/c16-14-6-5-12(8-15(14)17)11-3-1-10(2-4-11)7-13(18)9-19/h1-6,8,13,19H,7,9,18H2. The third-order valence-corrected chi connectivity index (χ3v) is 3.68. The Bertz CT molecular complexity index is 555. The van der Waals surface area contributed by atoms with Crippen molar-refractivity contribution in [1.82, 2.24) is 0 Å². The van der Waals surface area contributed by atoms with Gasteiger partial charge in [-0.15, -0.1) is 0 Å². The molecule has 0 spiro atoms. The third kappa shape index (κ3) is 3.71. The van der Waals surface area contributed by atoms with Crippen LogP contribution in [0.5, 0.6) is 0 Å². The van der Waals surface area contributed by atoms with E-state index in [9.17, 15) is 0 Å². The van der Waals surface area contributed by atoms with Crippen LogP contribution in [0.2, 0.25) is 10.0 Å². The van der Waals surface area contributed by atoms with Crippen LogP contribution in [0, 0.1) is 0 Å². The van der Waals surface area contributed by atoms with Crippen LogP contribution in [0.4, 0.5) is 0 Å². The molecule has 0 aromatic heterocycles. The molecule has 2 rings (SSSR count). The fourth-order valence-corrected chi connectivity index (χ4v) is 2.17. The van der Waals surface area contributed by atoms with Gasteiger partial charge in [-0.3, -0.25) is 0 Å². The molecule has 0 aliphatic carbocycles. The lowest BCUT2D eigenvalue weighted by molar-refractivity contribution is 0.265. The number of hydrogen-bond donors (Lipinski definition) is 2. The van der Waals surface area contributed by atoms with Crippen LogP contribution in [0.3, 0.4) is 0 Å². The first-order valence-electron chi connectivity index (χ1n) is 6.01. The van der Waals surface area contributed by atoms with Crippen molar-refractivity contribution < 1.29 is 5.11 Å². The summed E-state index contributed by atoms with van der Waals surface area (Å²) in [7, 11) is 0. The second kappa shape index (κ2) is 6.40. The Morgan fingerprint density at radius 1 is 0.947 bits per heavy atom. The van der Waals surface area contributed by atoms with Gasteiger partial charge in [0.15, 0.2) is 0 Å². The van der Waals surface area contributed by atoms with Crippen molar-refractivity contribution in [2.24, 2.45) is 5.73 Å². The predicted octanol–water partition coefficient (Wildman–Crippen LogP) is 3.52. The molecule has 2 aromatic carbocycles. The Morgan fingerprint density at radius 3 is 2.16 bits per heavy atom. The van der Waals surface area contributed by atoms with E-state index in [1.54, 1.807) is 6.07 Å². The molecule has 0 saturated carbocycles. The molecule has 0 aliphatic rings. The van der Waals surface area contributed by atoms with Gasteiger partial charge < -0.3 is 10.8 Å². The summed E-state index contributed by atoms with van der Waals surface area (Å²) in [5, 5.41) is 10.0. The first kappa shape index (κ1) is 14.4. The minimum absolute atomic E-state index is 0.00541. The fourth-order valence-electron chi connectivity index (χ4n) is 1.88. The first-order chi connectivity index (χ1) is 9.10. The molecule has 0 saturated heterocycles. The fraction of sp³-hybridized carbons (Fsp3) is 0.200. The van der Waals surface area contributed by atoms with Gasteiger partial charge in [-0.05, 0) is 35.2 Å². The third-order valence-electron chi connectivity index (χ3n) is 2.94. The normalized spacial score (nSPS) is 12.4. The van der Waals surface area contributed by atoms with Gasteiger partial charge in [0.25, 0.3) is 0 Å². The van der Waals surface area contributed by atoms with Crippen LogP contribution in [-0.4, -0.2) is 17.8 Å². The van der Waals surface area contributed by atoms with Crippen molar-refractivity contribution in [3.8, 4) is 11.1 Å². The van der Waals surface area contributed by atoms with Crippen molar-refractivity contribution in [1.29, 1.82) is 0 Å². The van der Waals surface area contributed by atoms with E-state index in [1.807, 2.05) is 36.4 Å². The minimum Gasteiger partial charge on any atom is -0.395 e. The summed E-state index contributed by atoms with van der Waals surface area (Å²) in [6.07, 6.45) is 0.665. The maximum absolute atomic E-state index is 8.93. The quantitative estimate of drug-likeness (QED) is 0.906. The van der Waals surface area contributed by atoms with Gasteiger partial charge in [-0.1, -0.05) is 53.5 Å². The second-order valence-corrected chi connectivity index (χ2v) is 5.29. The zero-order valence-electron chi connectivity index (χ0n) is 10.3. The summed E-state index contributed by atoms with van der Waals surface area (Å²) in [5.74, 6) is 0. The van der Waals surface area contributed by atoms with Crippen molar-refractivity contribution in [3.63, 3.8) is 0 Å². The van der Waals surface area contributed by atoms with Crippen molar-refractivity contribution in [3.05, 3.63) is 58.1 Å². The molecule has 2 nitrogen and oxygen atoms in total. The van der Waals surface area contributed by atoms with E-state index in [0.29, 0.717) is 16.5 Å². The van der Waals surface area contributed by atoms with Gasteiger partial charge in [0, 0.05) is 6.04 Å². The van der Waals surface area contributed by atoms with E-state index in [4.69, 9.17) is 34.0 Å². The molecule has 0 aliphatic heterocycles. The van der Waals surface area contributed by atoms with Gasteiger partial charge in [0.1, 0.15) is 0 Å². The summed E-state index contributed by atoms with van der Waals surface area (Å²) in [5.41, 5.74) is 8.90. The summed E-state index contributed by atoms with van der Waals surface area (Å²) >= 11 is 11.9. The van der Waals surface area contributed by atoms with E-state index < -0.39 is 0 Å². The first-order valence-corrected chi connectivity index (χ1v) is 6.76. The zero-order chi connectivity index (χ0) is 13.8. The molecular formula is C15H15Cl2NO. The van der Waals surface area contributed by atoms with E-state index >= 15 is 0 Å². The maximum Gasteiger partial charge on any atom is 0.0598 e. The maximum atomic E-state index is 8.93. The van der Waals surface area contributed by atoms with Gasteiger partial charge in [-0.2, -0.15) is 0 Å². The van der Waals surface area contributed by atoms with E-state index in [2.05, 4.69) is 0 Å². The molecule has 19 heavy (non-hydrogen) atoms. The molecule has 100 valence electrons. The van der Waals surface area contributed by atoms with Crippen LogP contribution in [0.25, 0.3) is 11.1 Å². The van der Waals surface area contributed by atoms with Crippen LogP contribution in [-0.2, 0) is 6.42 Å². The summed E-state index contributed by atoms with van der Waals surface area (Å²) < 4.78 is 0. The molecule has 0 fully saturated rings. The largest absolute Gasteiger partial charge is 0.395 e. The van der Waals surface area contributed by atoms with Gasteiger partial charge in [0.05, 0.1) is 16.7 Å². The van der Waals surface area contributed by atoms with Crippen LogP contribution in [0.15, 0.2) is 42.5 Å². The number of nitrogens with two attached hydrogens (primary N) is 1. The molecule has 0 heterocycles. The van der Waals surface area contributed by atoms with Gasteiger partial charge >= 0.3 is 0 Å². The number of aliphatic hydroxyl groups excluding tert-OH is 1. The van der Waals surface area contributed by atoms with Crippen molar-refractivity contribution in [2.75, 3.05) is 6.61 Å². The molecule has 0 radical (unpaired) electrons. The Kier molecular flexibility index (Phi) is 4.83. The van der Waals surface area contributed by atoms with Crippen molar-refractivity contribution in [2.45, 2.75) is 12.5 Å². The highest BCUT2D eigenvalue weighted by Gasteiger charge is 2.04. The Morgan fingerprint density at radius 2 is 1.58 bits per heavy atom. The lowest BCUT2D eigenvalue weighted by Crippen LogP contribution is -2.26. The lowest BCUT2D eigenvalue weighted by Gasteiger charge is -2.09. The molecule has 0 amide bonds. The summed E-state index contributed by atoms with van der Waals surface area (Å²) in [6, 6.07) is 13.4. The predicted molar refractivity (Wildman–Crippen MR) is 80.7 cm³/mol. The smallest absolute Gasteiger partial charge is 0.0598 e. The number of halogens is 2. The van der Waals surface area contributed by atoms with Crippen LogP contribution in [0.1, 0.15) is 5.56 Å². The van der Waals surface area contributed by atoms with Gasteiger partial charge in [-0.25, -0.2) is 0 Å². The molecule has 3 N–H and O–H groups in total. The van der Waals surface area contributed by atoms with Crippen molar-refractivity contribution >= 4 is 23.2 Å². The lowest BCUT2D eigenvalue weighted by atomic mass is 10.0. The molecular weight excluding hydrogens is 281 g/mol. The highest BCUT2D eigenvalue weighted by molar-refractivity contribution is 6.42. The number of aliphatic hydroxyl groups is 1. The molecule has 1 atom stereocenters. The monoisotopic (exact) mass is 295 g/mol. The molecule has 0 bridgehead atoms. The van der Waals surface area contributed by atoms with Crippen LogP contribution < -0.4 is 5.73 Å². The number of rotatable bonds is 4. The Hall–Kier alpha value is -1.06. The average Bonchev–Trinajstić information content (AvgIpc) is 2.42. The number of hydrogen-bond acceptors (Lipinski definition) is 2. The Labute approximate surface area is 122 Å². The highest BCUT2D eigenvalue weighted by atomic mass is 35.5. The summed E-state index contributed by atoms with van der Waals surface area (Å²) in [4.78, 5) is 0. The molecule has 1 unspecified atom stereocenters. The van der Waals surface area contributed by atoms with Gasteiger partial charge in [0.2, 0.25) is 0 Å². The minimum atomic E-state index is -0.212. The molecule has 2 aromatic rings. The van der Waals surface area contributed by atoms with E-state index in [0.717, 1.165) is 16.7 Å². The van der Waals surface area contributed by atoms with Crippen LogP contribution >= 0.6 is 23.2 Å². The number of benzene rings is 2. The average molecular weight is 296 g/mol. The topological polar surface area (TPSA) is 46.2 Å². The SMILES string of the molecule is NC(CO)Cc1ccc(-c2ccc(Cl)c(Cl)c2)cc1. The molecule has 4 heteroatoms. The Balaban J connectivity index is 2.20. The van der Waals surface area contributed by atoms with E-state index in [1.165, 1.54) is 0 Å². The zero-order valence-corrected chi connectivity index (χ0v) is 11.8. The summed E-state index contributed by atoms with van der Waals surface area (Å²) in [6.45, 7) is -0.00541. The van der Waals surface area contributed by atoms with E-state index in [-0.39, 0.29) is 12.6 Å². The second-order valence-electron chi connectivity index (χ2n) is 4.47.